The van der Waals surface area contributed by atoms with Gasteiger partial charge in [-0.1, -0.05) is 70.4 Å². The maximum absolute atomic E-state index is 12.2. The van der Waals surface area contributed by atoms with Crippen LogP contribution in [-0.4, -0.2) is 20.7 Å². The molecule has 0 saturated heterocycles. The Hall–Kier alpha value is -2.43. The van der Waals surface area contributed by atoms with Crippen molar-refractivity contribution in [2.24, 2.45) is 7.05 Å². The Bertz CT molecular complexity index is 779. The number of nitrogens with one attached hydrogen (secondary N) is 1. The lowest BCUT2D eigenvalue weighted by Gasteiger charge is -2.06. The van der Waals surface area contributed by atoms with Gasteiger partial charge in [0.1, 0.15) is 6.33 Å². The van der Waals surface area contributed by atoms with Gasteiger partial charge in [0, 0.05) is 24.7 Å². The molecule has 0 saturated carbocycles. The molecule has 0 atom stereocenters. The van der Waals surface area contributed by atoms with Crippen LogP contribution in [0, 0.1) is 0 Å². The Labute approximate surface area is 194 Å². The monoisotopic (exact) mass is 438 g/mol. The molecule has 0 fully saturated rings. The van der Waals surface area contributed by atoms with Gasteiger partial charge in [-0.25, -0.2) is 0 Å². The lowest BCUT2D eigenvalue weighted by Crippen LogP contribution is -2.10. The Morgan fingerprint density at radius 2 is 1.47 bits per heavy atom. The molecule has 5 nitrogen and oxygen atoms in total. The molecule has 32 heavy (non-hydrogen) atoms. The van der Waals surface area contributed by atoms with Gasteiger partial charge in [-0.05, 0) is 56.4 Å². The highest BCUT2D eigenvalue weighted by Crippen LogP contribution is 2.19. The first kappa shape index (κ1) is 25.8. The molecule has 0 spiro atoms. The molecule has 0 aliphatic heterocycles. The van der Waals surface area contributed by atoms with Crippen molar-refractivity contribution < 1.29 is 4.79 Å². The number of rotatable bonds is 17. The van der Waals surface area contributed by atoms with Gasteiger partial charge >= 0.3 is 0 Å². The van der Waals surface area contributed by atoms with Gasteiger partial charge in [-0.15, -0.1) is 10.2 Å². The molecule has 1 heterocycles. The van der Waals surface area contributed by atoms with Crippen LogP contribution in [-0.2, 0) is 11.8 Å². The van der Waals surface area contributed by atoms with E-state index in [-0.39, 0.29) is 5.91 Å². The number of carbonyl (C=O) groups is 1. The van der Waals surface area contributed by atoms with E-state index >= 15 is 0 Å². The van der Waals surface area contributed by atoms with Crippen LogP contribution in [0.2, 0.25) is 0 Å². The lowest BCUT2D eigenvalue weighted by atomic mass is 10.1. The fourth-order valence-corrected chi connectivity index (χ4v) is 3.83. The van der Waals surface area contributed by atoms with Crippen molar-refractivity contribution in [2.75, 3.05) is 5.32 Å². The Kier molecular flexibility index (Phi) is 13.1. The number of nitrogens with zero attached hydrogens (tertiary/aromatic N) is 3. The number of carbonyl (C=O) groups excluding carboxylic acids is 1. The van der Waals surface area contributed by atoms with Crippen LogP contribution < -0.4 is 5.32 Å². The number of hydrogen-bond acceptors (Lipinski definition) is 3. The topological polar surface area (TPSA) is 59.8 Å². The highest BCUT2D eigenvalue weighted by atomic mass is 16.1. The zero-order valence-corrected chi connectivity index (χ0v) is 20.2. The van der Waals surface area contributed by atoms with Gasteiger partial charge in [0.05, 0.1) is 0 Å². The van der Waals surface area contributed by atoms with Gasteiger partial charge in [0.2, 0.25) is 5.91 Å². The summed E-state index contributed by atoms with van der Waals surface area (Å²) in [6.45, 7) is 2.27. The first-order chi connectivity index (χ1) is 15.7. The molecule has 0 unspecified atom stereocenters. The van der Waals surface area contributed by atoms with Crippen molar-refractivity contribution in [3.05, 3.63) is 42.7 Å². The summed E-state index contributed by atoms with van der Waals surface area (Å²) in [5.41, 5.74) is 1.81. The van der Waals surface area contributed by atoms with Crippen molar-refractivity contribution in [2.45, 2.75) is 96.8 Å². The van der Waals surface area contributed by atoms with Gasteiger partial charge < -0.3 is 9.88 Å². The maximum Gasteiger partial charge on any atom is 0.224 e. The summed E-state index contributed by atoms with van der Waals surface area (Å²) < 4.78 is 1.88. The third-order valence-electron chi connectivity index (χ3n) is 5.80. The highest BCUT2D eigenvalue weighted by Gasteiger charge is 2.06. The first-order valence-electron chi connectivity index (χ1n) is 12.6. The van der Waals surface area contributed by atoms with Crippen molar-refractivity contribution in [3.63, 3.8) is 0 Å². The molecule has 1 aromatic heterocycles. The number of amides is 1. The van der Waals surface area contributed by atoms with Crippen LogP contribution in [0.5, 0.6) is 0 Å². The molecule has 5 heteroatoms. The molecule has 0 aliphatic rings. The summed E-state index contributed by atoms with van der Waals surface area (Å²) in [5.74, 6) is 0.908. The Morgan fingerprint density at radius 1 is 0.875 bits per heavy atom. The van der Waals surface area contributed by atoms with Crippen LogP contribution in [0.15, 0.2) is 42.7 Å². The molecule has 1 amide bonds. The standard InChI is InChI=1S/C27H42N4O/c1-3-4-5-6-7-8-9-10-11-12-13-14-15-16-17-18-26(32)29-25-21-19-24(20-22-25)27-30-28-23-31(27)2/h10-11,19-23H,3-9,12-18H2,1-2H3,(H,29,32)/b11-10-. The molecule has 0 bridgehead atoms. The first-order valence-corrected chi connectivity index (χ1v) is 12.6. The average molecular weight is 439 g/mol. The number of unbranched alkanes of at least 4 members (excludes halogenated alkanes) is 11. The number of aryl methyl sites for hydroxylation is 1. The second-order valence-electron chi connectivity index (χ2n) is 8.73. The Balaban J connectivity index is 1.45. The number of allylic oxidation sites excluding steroid dienone is 2. The van der Waals surface area contributed by atoms with Gasteiger partial charge in [0.25, 0.3) is 0 Å². The van der Waals surface area contributed by atoms with Crippen molar-refractivity contribution in [1.82, 2.24) is 14.8 Å². The van der Waals surface area contributed by atoms with Crippen LogP contribution in [0.1, 0.15) is 96.8 Å². The number of hydrogen-bond donors (Lipinski definition) is 1. The second-order valence-corrected chi connectivity index (χ2v) is 8.73. The van der Waals surface area contributed by atoms with E-state index in [9.17, 15) is 4.79 Å². The summed E-state index contributed by atoms with van der Waals surface area (Å²) in [7, 11) is 1.92. The minimum absolute atomic E-state index is 0.0917. The molecular weight excluding hydrogens is 396 g/mol. The maximum atomic E-state index is 12.2. The molecule has 0 aliphatic carbocycles. The molecular formula is C27H42N4O. The Morgan fingerprint density at radius 3 is 2.06 bits per heavy atom. The molecule has 1 aromatic carbocycles. The molecule has 2 rings (SSSR count). The summed E-state index contributed by atoms with van der Waals surface area (Å²) in [4.78, 5) is 12.2. The number of aromatic nitrogens is 3. The summed E-state index contributed by atoms with van der Waals surface area (Å²) in [6.07, 6.45) is 23.5. The van der Waals surface area contributed by atoms with E-state index in [1.54, 1.807) is 6.33 Å². The zero-order valence-electron chi connectivity index (χ0n) is 20.2. The molecule has 0 radical (unpaired) electrons. The van der Waals surface area contributed by atoms with E-state index in [1.807, 2.05) is 35.9 Å². The summed E-state index contributed by atoms with van der Waals surface area (Å²) in [5, 5.41) is 11.0. The van der Waals surface area contributed by atoms with E-state index in [1.165, 1.54) is 70.6 Å². The third-order valence-corrected chi connectivity index (χ3v) is 5.80. The SMILES string of the molecule is CCCCCCCC/C=C\CCCCCCCC(=O)Nc1ccc(-c2nncn2C)cc1. The van der Waals surface area contributed by atoms with E-state index in [4.69, 9.17) is 0 Å². The average Bonchev–Trinajstić information content (AvgIpc) is 3.23. The molecule has 2 aromatic rings. The predicted octanol–water partition coefficient (Wildman–Crippen LogP) is 7.46. The van der Waals surface area contributed by atoms with Crippen LogP contribution in [0.3, 0.4) is 0 Å². The van der Waals surface area contributed by atoms with Crippen LogP contribution >= 0.6 is 0 Å². The molecule has 176 valence electrons. The van der Waals surface area contributed by atoms with Crippen molar-refractivity contribution >= 4 is 11.6 Å². The van der Waals surface area contributed by atoms with Crippen LogP contribution in [0.25, 0.3) is 11.4 Å². The largest absolute Gasteiger partial charge is 0.326 e. The van der Waals surface area contributed by atoms with E-state index < -0.39 is 0 Å². The number of benzene rings is 1. The quantitative estimate of drug-likeness (QED) is 0.206. The second kappa shape index (κ2) is 16.2. The predicted molar refractivity (Wildman–Crippen MR) is 135 cm³/mol. The lowest BCUT2D eigenvalue weighted by molar-refractivity contribution is -0.116. The van der Waals surface area contributed by atoms with Crippen molar-refractivity contribution in [3.8, 4) is 11.4 Å². The van der Waals surface area contributed by atoms with Crippen molar-refractivity contribution in [1.29, 1.82) is 0 Å². The summed E-state index contributed by atoms with van der Waals surface area (Å²) >= 11 is 0. The normalized spacial score (nSPS) is 11.3. The molecule has 1 N–H and O–H groups in total. The fourth-order valence-electron chi connectivity index (χ4n) is 3.83. The van der Waals surface area contributed by atoms with E-state index in [0.29, 0.717) is 6.42 Å². The van der Waals surface area contributed by atoms with Gasteiger partial charge in [0.15, 0.2) is 5.82 Å². The van der Waals surface area contributed by atoms with E-state index in [0.717, 1.165) is 29.9 Å². The minimum Gasteiger partial charge on any atom is -0.326 e. The van der Waals surface area contributed by atoms with E-state index in [2.05, 4.69) is 34.6 Å². The van der Waals surface area contributed by atoms with Crippen LogP contribution in [0.4, 0.5) is 5.69 Å². The smallest absolute Gasteiger partial charge is 0.224 e. The zero-order chi connectivity index (χ0) is 22.9. The third kappa shape index (κ3) is 10.7. The van der Waals surface area contributed by atoms with Gasteiger partial charge in [-0.2, -0.15) is 0 Å². The highest BCUT2D eigenvalue weighted by molar-refractivity contribution is 5.90. The minimum atomic E-state index is 0.0917. The number of anilines is 1. The fraction of sp³-hybridized carbons (Fsp3) is 0.593. The van der Waals surface area contributed by atoms with Gasteiger partial charge in [-0.3, -0.25) is 4.79 Å². The summed E-state index contributed by atoms with van der Waals surface area (Å²) in [6, 6.07) is 7.76.